The number of imidazole rings is 1. The lowest BCUT2D eigenvalue weighted by Gasteiger charge is -2.09. The van der Waals surface area contributed by atoms with Gasteiger partial charge in [-0.15, -0.1) is 0 Å². The smallest absolute Gasteiger partial charge is 0.215 e. The highest BCUT2D eigenvalue weighted by Crippen LogP contribution is 2.26. The van der Waals surface area contributed by atoms with Crippen LogP contribution in [0.25, 0.3) is 16.9 Å². The zero-order chi connectivity index (χ0) is 14.3. The number of hydrogen-bond donors (Lipinski definition) is 1. The van der Waals surface area contributed by atoms with Crippen molar-refractivity contribution < 1.29 is 4.74 Å². The molecule has 0 atom stereocenters. The van der Waals surface area contributed by atoms with E-state index in [1.54, 1.807) is 13.2 Å². The normalized spacial score (nSPS) is 10.9. The van der Waals surface area contributed by atoms with Gasteiger partial charge in [0, 0.05) is 11.1 Å². The maximum Gasteiger partial charge on any atom is 0.215 e. The number of H-pyrrole nitrogens is 1. The average molecular weight is 306 g/mol. The summed E-state index contributed by atoms with van der Waals surface area (Å²) in [6.07, 6.45) is 0. The molecule has 1 N–H and O–H groups in total. The van der Waals surface area contributed by atoms with Crippen LogP contribution in [0.1, 0.15) is 5.56 Å². The van der Waals surface area contributed by atoms with E-state index in [4.69, 9.17) is 28.6 Å². The van der Waals surface area contributed by atoms with E-state index in [2.05, 4.69) is 9.97 Å². The van der Waals surface area contributed by atoms with Gasteiger partial charge in [0.15, 0.2) is 10.4 Å². The van der Waals surface area contributed by atoms with E-state index in [1.807, 2.05) is 35.8 Å². The summed E-state index contributed by atoms with van der Waals surface area (Å²) in [5.41, 5.74) is 3.44. The second kappa shape index (κ2) is 4.92. The quantitative estimate of drug-likeness (QED) is 0.726. The molecule has 0 amide bonds. The molecule has 0 unspecified atom stereocenters. The van der Waals surface area contributed by atoms with Crippen molar-refractivity contribution in [1.82, 2.24) is 14.5 Å². The Kier molecular flexibility index (Phi) is 3.23. The standard InChI is InChI=1S/C14H12ClN3OS/c1-8-9(15)4-3-5-11(8)18-13-10(16-14(18)20)6-7-12(17-13)19-2/h3-7H,1-2H3,(H,16,20). The Morgan fingerprint density at radius 2 is 2.10 bits per heavy atom. The van der Waals surface area contributed by atoms with E-state index in [0.29, 0.717) is 15.7 Å². The number of hydrogen-bond acceptors (Lipinski definition) is 3. The number of nitrogens with one attached hydrogen (secondary N) is 1. The summed E-state index contributed by atoms with van der Waals surface area (Å²) in [4.78, 5) is 7.60. The maximum atomic E-state index is 6.19. The van der Waals surface area contributed by atoms with E-state index < -0.39 is 0 Å². The second-order valence-electron chi connectivity index (χ2n) is 4.37. The molecular weight excluding hydrogens is 294 g/mol. The van der Waals surface area contributed by atoms with E-state index in [0.717, 1.165) is 22.4 Å². The minimum Gasteiger partial charge on any atom is -0.481 e. The molecule has 0 aliphatic carbocycles. The molecule has 0 spiro atoms. The molecule has 4 nitrogen and oxygen atoms in total. The lowest BCUT2D eigenvalue weighted by molar-refractivity contribution is 0.399. The summed E-state index contributed by atoms with van der Waals surface area (Å²) < 4.78 is 7.62. The number of nitrogens with zero attached hydrogens (tertiary/aromatic N) is 2. The Morgan fingerprint density at radius 3 is 2.85 bits per heavy atom. The Labute approximate surface area is 126 Å². The molecule has 6 heteroatoms. The molecule has 2 heterocycles. The maximum absolute atomic E-state index is 6.19. The van der Waals surface area contributed by atoms with Crippen LogP contribution in [0.4, 0.5) is 0 Å². The van der Waals surface area contributed by atoms with Crippen molar-refractivity contribution in [3.05, 3.63) is 45.7 Å². The number of aromatic amines is 1. The molecule has 0 saturated carbocycles. The first-order valence-electron chi connectivity index (χ1n) is 6.03. The van der Waals surface area contributed by atoms with E-state index in [9.17, 15) is 0 Å². The predicted molar refractivity (Wildman–Crippen MR) is 82.6 cm³/mol. The van der Waals surface area contributed by atoms with Crippen molar-refractivity contribution in [3.8, 4) is 11.6 Å². The average Bonchev–Trinajstić information content (AvgIpc) is 2.77. The van der Waals surface area contributed by atoms with E-state index >= 15 is 0 Å². The minimum absolute atomic E-state index is 0.542. The first-order valence-corrected chi connectivity index (χ1v) is 6.81. The number of methoxy groups -OCH3 is 1. The summed E-state index contributed by atoms with van der Waals surface area (Å²) in [5.74, 6) is 0.542. The molecule has 102 valence electrons. The van der Waals surface area contributed by atoms with Gasteiger partial charge < -0.3 is 9.72 Å². The lowest BCUT2D eigenvalue weighted by Crippen LogP contribution is -1.99. The van der Waals surface area contributed by atoms with Crippen LogP contribution in [0, 0.1) is 11.7 Å². The molecule has 0 saturated heterocycles. The van der Waals surface area contributed by atoms with Gasteiger partial charge in [0.2, 0.25) is 5.88 Å². The molecule has 0 aliphatic rings. The van der Waals surface area contributed by atoms with Crippen LogP contribution in [-0.4, -0.2) is 21.6 Å². The second-order valence-corrected chi connectivity index (χ2v) is 5.17. The molecule has 0 fully saturated rings. The fourth-order valence-corrected chi connectivity index (χ4v) is 2.61. The molecule has 2 aromatic heterocycles. The fourth-order valence-electron chi connectivity index (χ4n) is 2.14. The lowest BCUT2D eigenvalue weighted by atomic mass is 10.2. The highest BCUT2D eigenvalue weighted by atomic mass is 35.5. The first kappa shape index (κ1) is 13.1. The number of halogens is 1. The zero-order valence-corrected chi connectivity index (χ0v) is 12.5. The van der Waals surface area contributed by atoms with Crippen LogP contribution in [-0.2, 0) is 0 Å². The van der Waals surface area contributed by atoms with Gasteiger partial charge >= 0.3 is 0 Å². The minimum atomic E-state index is 0.542. The van der Waals surface area contributed by atoms with Crippen LogP contribution >= 0.6 is 23.8 Å². The van der Waals surface area contributed by atoms with Crippen LogP contribution in [0.15, 0.2) is 30.3 Å². The molecule has 20 heavy (non-hydrogen) atoms. The van der Waals surface area contributed by atoms with Gasteiger partial charge in [-0.05, 0) is 42.9 Å². The van der Waals surface area contributed by atoms with Gasteiger partial charge in [-0.3, -0.25) is 4.57 Å². The Hall–Kier alpha value is -1.85. The number of rotatable bonds is 2. The van der Waals surface area contributed by atoms with E-state index in [-0.39, 0.29) is 0 Å². The van der Waals surface area contributed by atoms with Gasteiger partial charge in [-0.25, -0.2) is 0 Å². The zero-order valence-electron chi connectivity index (χ0n) is 11.0. The van der Waals surface area contributed by atoms with Crippen molar-refractivity contribution in [2.75, 3.05) is 7.11 Å². The monoisotopic (exact) mass is 305 g/mol. The Morgan fingerprint density at radius 1 is 1.30 bits per heavy atom. The van der Waals surface area contributed by atoms with Crippen LogP contribution < -0.4 is 4.74 Å². The van der Waals surface area contributed by atoms with Gasteiger partial charge in [0.05, 0.1) is 18.3 Å². The van der Waals surface area contributed by atoms with Crippen molar-refractivity contribution in [2.24, 2.45) is 0 Å². The molecule has 0 radical (unpaired) electrons. The van der Waals surface area contributed by atoms with Gasteiger partial charge in [0.25, 0.3) is 0 Å². The summed E-state index contributed by atoms with van der Waals surface area (Å²) in [6, 6.07) is 9.40. The molecule has 0 bridgehead atoms. The SMILES string of the molecule is COc1ccc2[nH]c(=S)n(-c3cccc(Cl)c3C)c2n1. The largest absolute Gasteiger partial charge is 0.481 e. The predicted octanol–water partition coefficient (Wildman–Crippen LogP) is 4.05. The number of ether oxygens (including phenoxy) is 1. The summed E-state index contributed by atoms with van der Waals surface area (Å²) >= 11 is 11.6. The Bertz CT molecular complexity index is 853. The van der Waals surface area contributed by atoms with Crippen molar-refractivity contribution in [2.45, 2.75) is 6.92 Å². The third-order valence-corrected chi connectivity index (χ3v) is 3.89. The van der Waals surface area contributed by atoms with E-state index in [1.165, 1.54) is 0 Å². The Balaban J connectivity index is 2.38. The topological polar surface area (TPSA) is 42.8 Å². The van der Waals surface area contributed by atoms with Crippen LogP contribution in [0.2, 0.25) is 5.02 Å². The molecule has 1 aromatic carbocycles. The van der Waals surface area contributed by atoms with Gasteiger partial charge in [-0.2, -0.15) is 4.98 Å². The fraction of sp³-hybridized carbons (Fsp3) is 0.143. The first-order chi connectivity index (χ1) is 9.61. The van der Waals surface area contributed by atoms with Crippen LogP contribution in [0.3, 0.4) is 0 Å². The molecule has 3 rings (SSSR count). The molecular formula is C14H12ClN3OS. The number of benzene rings is 1. The number of fused-ring (bicyclic) bond motifs is 1. The summed E-state index contributed by atoms with van der Waals surface area (Å²) in [7, 11) is 1.59. The van der Waals surface area contributed by atoms with Crippen molar-refractivity contribution in [1.29, 1.82) is 0 Å². The number of pyridine rings is 1. The van der Waals surface area contributed by atoms with Crippen LogP contribution in [0.5, 0.6) is 5.88 Å². The molecule has 3 aromatic rings. The highest BCUT2D eigenvalue weighted by molar-refractivity contribution is 7.71. The number of aromatic nitrogens is 3. The third-order valence-electron chi connectivity index (χ3n) is 3.20. The summed E-state index contributed by atoms with van der Waals surface area (Å²) in [5, 5.41) is 0.696. The van der Waals surface area contributed by atoms with Gasteiger partial charge in [0.1, 0.15) is 0 Å². The summed E-state index contributed by atoms with van der Waals surface area (Å²) in [6.45, 7) is 1.96. The van der Waals surface area contributed by atoms with Crippen molar-refractivity contribution >= 4 is 35.0 Å². The van der Waals surface area contributed by atoms with Gasteiger partial charge in [-0.1, -0.05) is 17.7 Å². The third kappa shape index (κ3) is 1.99. The van der Waals surface area contributed by atoms with Crippen molar-refractivity contribution in [3.63, 3.8) is 0 Å². The molecule has 0 aliphatic heterocycles. The highest BCUT2D eigenvalue weighted by Gasteiger charge is 2.12.